The standard InChI is InChI=1S/C11H13F2N/c12-9-3-7(4-10(13)6-9)5-11(14)8-1-2-8/h3-4,6,8,11H,1-2,5,14H2. The Morgan fingerprint density at radius 3 is 2.29 bits per heavy atom. The Morgan fingerprint density at radius 1 is 1.21 bits per heavy atom. The molecule has 0 amide bonds. The average molecular weight is 197 g/mol. The Hall–Kier alpha value is -0.960. The first-order valence-corrected chi connectivity index (χ1v) is 4.85. The van der Waals surface area contributed by atoms with Crippen LogP contribution in [0.4, 0.5) is 8.78 Å². The van der Waals surface area contributed by atoms with E-state index in [0.717, 1.165) is 18.9 Å². The van der Waals surface area contributed by atoms with Crippen molar-refractivity contribution < 1.29 is 8.78 Å². The highest BCUT2D eigenvalue weighted by Gasteiger charge is 2.28. The van der Waals surface area contributed by atoms with Gasteiger partial charge in [-0.25, -0.2) is 8.78 Å². The molecule has 1 unspecified atom stereocenters. The van der Waals surface area contributed by atoms with Crippen LogP contribution in [0, 0.1) is 17.6 Å². The first kappa shape index (κ1) is 9.59. The summed E-state index contributed by atoms with van der Waals surface area (Å²) < 4.78 is 25.6. The number of benzene rings is 1. The van der Waals surface area contributed by atoms with Gasteiger partial charge in [-0.05, 0) is 42.9 Å². The molecule has 0 saturated heterocycles. The van der Waals surface area contributed by atoms with Crippen LogP contribution in [0.15, 0.2) is 18.2 Å². The van der Waals surface area contributed by atoms with Gasteiger partial charge in [0.25, 0.3) is 0 Å². The zero-order valence-electron chi connectivity index (χ0n) is 7.84. The summed E-state index contributed by atoms with van der Waals surface area (Å²) in [5.41, 5.74) is 6.52. The van der Waals surface area contributed by atoms with Crippen molar-refractivity contribution in [3.05, 3.63) is 35.4 Å². The van der Waals surface area contributed by atoms with Crippen molar-refractivity contribution in [1.29, 1.82) is 0 Å². The molecular formula is C11H13F2N. The molecule has 3 heteroatoms. The molecule has 1 saturated carbocycles. The molecule has 0 spiro atoms. The van der Waals surface area contributed by atoms with E-state index in [0.29, 0.717) is 17.9 Å². The Balaban J connectivity index is 2.07. The van der Waals surface area contributed by atoms with Crippen LogP contribution in [0.25, 0.3) is 0 Å². The molecule has 1 aliphatic carbocycles. The fourth-order valence-electron chi connectivity index (χ4n) is 1.69. The van der Waals surface area contributed by atoms with Crippen molar-refractivity contribution in [3.63, 3.8) is 0 Å². The van der Waals surface area contributed by atoms with Crippen LogP contribution in [0.3, 0.4) is 0 Å². The molecular weight excluding hydrogens is 184 g/mol. The van der Waals surface area contributed by atoms with Crippen molar-refractivity contribution in [2.45, 2.75) is 25.3 Å². The average Bonchev–Trinajstić information content (AvgIpc) is 2.82. The van der Waals surface area contributed by atoms with Crippen molar-refractivity contribution in [2.75, 3.05) is 0 Å². The zero-order chi connectivity index (χ0) is 10.1. The van der Waals surface area contributed by atoms with Gasteiger partial charge in [0.05, 0.1) is 0 Å². The fourth-order valence-corrected chi connectivity index (χ4v) is 1.69. The minimum absolute atomic E-state index is 0.0520. The largest absolute Gasteiger partial charge is 0.327 e. The van der Waals surface area contributed by atoms with E-state index in [2.05, 4.69) is 0 Å². The first-order valence-electron chi connectivity index (χ1n) is 4.85. The summed E-state index contributed by atoms with van der Waals surface area (Å²) in [6, 6.07) is 3.64. The molecule has 2 rings (SSSR count). The van der Waals surface area contributed by atoms with Crippen LogP contribution in [0.1, 0.15) is 18.4 Å². The lowest BCUT2D eigenvalue weighted by atomic mass is 10.0. The minimum atomic E-state index is -0.525. The summed E-state index contributed by atoms with van der Waals surface area (Å²) in [6.07, 6.45) is 2.87. The lowest BCUT2D eigenvalue weighted by Crippen LogP contribution is -2.25. The molecule has 1 fully saturated rings. The number of halogens is 2. The molecule has 1 aliphatic rings. The topological polar surface area (TPSA) is 26.0 Å². The number of hydrogen-bond acceptors (Lipinski definition) is 1. The normalized spacial score (nSPS) is 18.2. The second-order valence-corrected chi connectivity index (χ2v) is 3.98. The highest BCUT2D eigenvalue weighted by Crippen LogP contribution is 2.32. The van der Waals surface area contributed by atoms with Gasteiger partial charge in [0, 0.05) is 12.1 Å². The Bertz CT molecular complexity index is 314. The maximum absolute atomic E-state index is 12.8. The molecule has 2 N–H and O–H groups in total. The third kappa shape index (κ3) is 2.29. The second kappa shape index (κ2) is 3.65. The summed E-state index contributed by atoms with van der Waals surface area (Å²) in [4.78, 5) is 0. The van der Waals surface area contributed by atoms with Crippen LogP contribution in [-0.4, -0.2) is 6.04 Å². The maximum Gasteiger partial charge on any atom is 0.126 e. The molecule has 1 atom stereocenters. The van der Waals surface area contributed by atoms with Gasteiger partial charge in [0.15, 0.2) is 0 Å². The van der Waals surface area contributed by atoms with Gasteiger partial charge in [-0.2, -0.15) is 0 Å². The van der Waals surface area contributed by atoms with Crippen molar-refractivity contribution in [3.8, 4) is 0 Å². The molecule has 14 heavy (non-hydrogen) atoms. The quantitative estimate of drug-likeness (QED) is 0.790. The smallest absolute Gasteiger partial charge is 0.126 e. The predicted molar refractivity (Wildman–Crippen MR) is 50.8 cm³/mol. The third-order valence-corrected chi connectivity index (χ3v) is 2.62. The number of nitrogens with two attached hydrogens (primary N) is 1. The summed E-state index contributed by atoms with van der Waals surface area (Å²) in [7, 11) is 0. The lowest BCUT2D eigenvalue weighted by Gasteiger charge is -2.09. The van der Waals surface area contributed by atoms with Crippen LogP contribution < -0.4 is 5.73 Å². The van der Waals surface area contributed by atoms with E-state index in [1.54, 1.807) is 0 Å². The molecule has 1 aromatic rings. The van der Waals surface area contributed by atoms with Gasteiger partial charge in [-0.15, -0.1) is 0 Å². The van der Waals surface area contributed by atoms with E-state index in [1.165, 1.54) is 12.1 Å². The molecule has 0 aliphatic heterocycles. The van der Waals surface area contributed by atoms with E-state index in [9.17, 15) is 8.78 Å². The van der Waals surface area contributed by atoms with E-state index in [-0.39, 0.29) is 6.04 Å². The Labute approximate surface area is 81.9 Å². The Morgan fingerprint density at radius 2 is 1.79 bits per heavy atom. The zero-order valence-corrected chi connectivity index (χ0v) is 7.84. The lowest BCUT2D eigenvalue weighted by molar-refractivity contribution is 0.562. The first-order chi connectivity index (χ1) is 6.65. The van der Waals surface area contributed by atoms with Gasteiger partial charge in [0.1, 0.15) is 11.6 Å². The second-order valence-electron chi connectivity index (χ2n) is 3.98. The SMILES string of the molecule is NC(Cc1cc(F)cc(F)c1)C1CC1. The van der Waals surface area contributed by atoms with Gasteiger partial charge in [-0.3, -0.25) is 0 Å². The van der Waals surface area contributed by atoms with Gasteiger partial charge in [0.2, 0.25) is 0 Å². The summed E-state index contributed by atoms with van der Waals surface area (Å²) in [5, 5.41) is 0. The highest BCUT2D eigenvalue weighted by atomic mass is 19.1. The van der Waals surface area contributed by atoms with Crippen LogP contribution in [0.5, 0.6) is 0 Å². The molecule has 1 aromatic carbocycles. The van der Waals surface area contributed by atoms with E-state index < -0.39 is 11.6 Å². The molecule has 0 aromatic heterocycles. The van der Waals surface area contributed by atoms with Crippen LogP contribution in [0.2, 0.25) is 0 Å². The molecule has 0 radical (unpaired) electrons. The van der Waals surface area contributed by atoms with Crippen molar-refractivity contribution in [1.82, 2.24) is 0 Å². The summed E-state index contributed by atoms with van der Waals surface area (Å²) in [5.74, 6) is -0.493. The summed E-state index contributed by atoms with van der Waals surface area (Å²) >= 11 is 0. The van der Waals surface area contributed by atoms with Crippen molar-refractivity contribution in [2.24, 2.45) is 11.7 Å². The van der Waals surface area contributed by atoms with Crippen molar-refractivity contribution >= 4 is 0 Å². The third-order valence-electron chi connectivity index (χ3n) is 2.62. The van der Waals surface area contributed by atoms with E-state index >= 15 is 0 Å². The van der Waals surface area contributed by atoms with Gasteiger partial charge in [-0.1, -0.05) is 0 Å². The van der Waals surface area contributed by atoms with E-state index in [4.69, 9.17) is 5.73 Å². The molecule has 76 valence electrons. The van der Waals surface area contributed by atoms with Gasteiger partial charge < -0.3 is 5.73 Å². The minimum Gasteiger partial charge on any atom is -0.327 e. The summed E-state index contributed by atoms with van der Waals surface area (Å²) in [6.45, 7) is 0. The van der Waals surface area contributed by atoms with Gasteiger partial charge >= 0.3 is 0 Å². The predicted octanol–water partition coefficient (Wildman–Crippen LogP) is 2.24. The highest BCUT2D eigenvalue weighted by molar-refractivity contribution is 5.19. The number of rotatable bonds is 3. The van der Waals surface area contributed by atoms with E-state index in [1.807, 2.05) is 0 Å². The molecule has 0 heterocycles. The fraction of sp³-hybridized carbons (Fsp3) is 0.455. The number of hydrogen-bond donors (Lipinski definition) is 1. The maximum atomic E-state index is 12.8. The van der Waals surface area contributed by atoms with Crippen LogP contribution in [-0.2, 0) is 6.42 Å². The monoisotopic (exact) mass is 197 g/mol. The molecule has 0 bridgehead atoms. The Kier molecular flexibility index (Phi) is 2.50. The van der Waals surface area contributed by atoms with Crippen LogP contribution >= 0.6 is 0 Å². The molecule has 1 nitrogen and oxygen atoms in total.